The molecule has 1 N–H and O–H groups in total. The number of hydrogen-bond acceptors (Lipinski definition) is 8. The summed E-state index contributed by atoms with van der Waals surface area (Å²) >= 11 is 0. The summed E-state index contributed by atoms with van der Waals surface area (Å²) in [6.07, 6.45) is 5.21. The van der Waals surface area contributed by atoms with Gasteiger partial charge in [0.2, 0.25) is 5.95 Å². The molecule has 2 aliphatic heterocycles. The Balaban J connectivity index is 1.41. The molecule has 0 radical (unpaired) electrons. The summed E-state index contributed by atoms with van der Waals surface area (Å²) in [5, 5.41) is 13.4. The first-order valence-corrected chi connectivity index (χ1v) is 15.8. The molecule has 2 aliphatic rings. The van der Waals surface area contributed by atoms with Crippen LogP contribution in [0.1, 0.15) is 43.6 Å². The molecule has 4 heterocycles. The largest absolute Gasteiger partial charge is 0.493 e. The Morgan fingerprint density at radius 2 is 1.74 bits per heavy atom. The molecule has 1 saturated heterocycles. The van der Waals surface area contributed by atoms with Gasteiger partial charge in [0, 0.05) is 73.3 Å². The van der Waals surface area contributed by atoms with Gasteiger partial charge in [-0.1, -0.05) is 18.2 Å². The average molecular weight is 618 g/mol. The molecular formula is C37H39N5O4. The molecule has 7 rings (SSSR count). The predicted molar refractivity (Wildman–Crippen MR) is 181 cm³/mol. The molecule has 46 heavy (non-hydrogen) atoms. The van der Waals surface area contributed by atoms with E-state index < -0.39 is 17.7 Å². The van der Waals surface area contributed by atoms with Gasteiger partial charge in [-0.05, 0) is 92.0 Å². The van der Waals surface area contributed by atoms with E-state index in [0.717, 1.165) is 93.8 Å². The minimum absolute atomic E-state index is 0.618. The van der Waals surface area contributed by atoms with Crippen LogP contribution in [0.25, 0.3) is 43.9 Å². The first kappa shape index (κ1) is 30.1. The summed E-state index contributed by atoms with van der Waals surface area (Å²) in [6, 6.07) is 14.3. The van der Waals surface area contributed by atoms with Crippen molar-refractivity contribution in [2.24, 2.45) is 0 Å². The fourth-order valence-corrected chi connectivity index (χ4v) is 6.70. The van der Waals surface area contributed by atoms with Crippen LogP contribution in [0.3, 0.4) is 0 Å². The third-order valence-electron chi connectivity index (χ3n) is 8.94. The number of carboxylic acid groups (broad SMARTS) is 1. The molecule has 236 valence electrons. The lowest BCUT2D eigenvalue weighted by Gasteiger charge is -2.32. The number of pyridine rings is 1. The van der Waals surface area contributed by atoms with E-state index in [1.54, 1.807) is 0 Å². The van der Waals surface area contributed by atoms with Crippen LogP contribution in [0, 0.1) is 6.92 Å². The highest BCUT2D eigenvalue weighted by molar-refractivity contribution is 6.09. The smallest absolute Gasteiger partial charge is 0.337 e. The highest BCUT2D eigenvalue weighted by Crippen LogP contribution is 2.45. The van der Waals surface area contributed by atoms with E-state index in [-0.39, 0.29) is 0 Å². The van der Waals surface area contributed by atoms with Crippen molar-refractivity contribution in [3.8, 4) is 28.0 Å². The molecule has 0 spiro atoms. The molecule has 1 unspecified atom stereocenters. The zero-order valence-electron chi connectivity index (χ0n) is 27.0. The molecule has 9 nitrogen and oxygen atoms in total. The van der Waals surface area contributed by atoms with Gasteiger partial charge in [0.25, 0.3) is 0 Å². The highest BCUT2D eigenvalue weighted by atomic mass is 16.5. The maximum absolute atomic E-state index is 12.9. The van der Waals surface area contributed by atoms with Crippen LogP contribution in [0.15, 0.2) is 61.1 Å². The number of carbonyl (C=O) groups is 1. The van der Waals surface area contributed by atoms with Crippen LogP contribution in [-0.2, 0) is 16.0 Å². The van der Waals surface area contributed by atoms with E-state index in [4.69, 9.17) is 24.4 Å². The fraction of sp³-hybridized carbons (Fsp3) is 0.351. The summed E-state index contributed by atoms with van der Waals surface area (Å²) in [7, 11) is 2.13. The summed E-state index contributed by atoms with van der Waals surface area (Å²) < 4.78 is 12.3. The summed E-state index contributed by atoms with van der Waals surface area (Å²) in [5.74, 6) is 0.514. The van der Waals surface area contributed by atoms with Crippen molar-refractivity contribution < 1.29 is 19.4 Å². The number of benzene rings is 3. The number of aryl methyl sites for hydroxylation is 1. The minimum atomic E-state index is -1.18. The molecule has 0 saturated carbocycles. The van der Waals surface area contributed by atoms with Crippen molar-refractivity contribution >= 4 is 33.6 Å². The minimum Gasteiger partial charge on any atom is -0.493 e. The standard InChI is InChI=1S/C37H39N5O4/c1-22-18-25-19-24(26-20-39-36(40-21-26)42-15-13-41(5)14-16-42)6-7-27(25)32(30(22)34(35(43)44)46-37(2,3)4)28-8-9-29-31-23(11-17-45-29)10-12-38-33(28)31/h6-10,12,18-21,34H,11,13-17H2,1-5H3,(H,43,44). The second-order valence-electron chi connectivity index (χ2n) is 13.3. The Kier molecular flexibility index (Phi) is 7.61. The second kappa shape index (κ2) is 11.6. The normalized spacial score (nSPS) is 16.1. The number of piperazine rings is 1. The van der Waals surface area contributed by atoms with E-state index >= 15 is 0 Å². The Labute approximate surface area is 268 Å². The zero-order chi connectivity index (χ0) is 32.2. The summed E-state index contributed by atoms with van der Waals surface area (Å²) in [6.45, 7) is 12.0. The van der Waals surface area contributed by atoms with Crippen LogP contribution in [0.4, 0.5) is 5.95 Å². The van der Waals surface area contributed by atoms with Gasteiger partial charge in [-0.15, -0.1) is 0 Å². The van der Waals surface area contributed by atoms with Crippen molar-refractivity contribution in [3.05, 3.63) is 77.7 Å². The predicted octanol–water partition coefficient (Wildman–Crippen LogP) is 6.45. The lowest BCUT2D eigenvalue weighted by Crippen LogP contribution is -2.45. The number of anilines is 1. The Morgan fingerprint density at radius 1 is 0.978 bits per heavy atom. The van der Waals surface area contributed by atoms with E-state index in [9.17, 15) is 9.90 Å². The monoisotopic (exact) mass is 617 g/mol. The molecule has 1 fully saturated rings. The van der Waals surface area contributed by atoms with Gasteiger partial charge in [0.15, 0.2) is 6.10 Å². The van der Waals surface area contributed by atoms with E-state index in [2.05, 4.69) is 41.1 Å². The summed E-state index contributed by atoms with van der Waals surface area (Å²) in [4.78, 5) is 31.7. The quantitative estimate of drug-likeness (QED) is 0.230. The molecule has 0 amide bonds. The molecular weight excluding hydrogens is 578 g/mol. The molecule has 2 aromatic heterocycles. The van der Waals surface area contributed by atoms with Gasteiger partial charge in [-0.2, -0.15) is 0 Å². The third-order valence-corrected chi connectivity index (χ3v) is 8.94. The lowest BCUT2D eigenvalue weighted by atomic mass is 9.85. The molecule has 1 atom stereocenters. The first-order chi connectivity index (χ1) is 22.1. The highest BCUT2D eigenvalue weighted by Gasteiger charge is 2.32. The van der Waals surface area contributed by atoms with Gasteiger partial charge < -0.3 is 24.4 Å². The third kappa shape index (κ3) is 5.54. The van der Waals surface area contributed by atoms with Crippen molar-refractivity contribution in [1.82, 2.24) is 19.9 Å². The van der Waals surface area contributed by atoms with Crippen LogP contribution < -0.4 is 9.64 Å². The number of aliphatic carboxylic acids is 1. The van der Waals surface area contributed by atoms with Gasteiger partial charge in [-0.3, -0.25) is 4.98 Å². The number of carboxylic acids is 1. The summed E-state index contributed by atoms with van der Waals surface area (Å²) in [5.41, 5.74) is 6.30. The van der Waals surface area contributed by atoms with Crippen molar-refractivity contribution in [3.63, 3.8) is 0 Å². The fourth-order valence-electron chi connectivity index (χ4n) is 6.70. The number of aromatic nitrogens is 3. The molecule has 9 heteroatoms. The van der Waals surface area contributed by atoms with Gasteiger partial charge in [-0.25, -0.2) is 14.8 Å². The van der Waals surface area contributed by atoms with Gasteiger partial charge in [0.1, 0.15) is 5.75 Å². The van der Waals surface area contributed by atoms with Crippen molar-refractivity contribution in [1.29, 1.82) is 0 Å². The SMILES string of the molecule is Cc1cc2cc(-c3cnc(N4CCN(C)CC4)nc3)ccc2c(-c2ccc3c4c(ccnc24)CCO3)c1C(OC(C)(C)C)C(=O)O. The van der Waals surface area contributed by atoms with Gasteiger partial charge >= 0.3 is 5.97 Å². The Bertz CT molecular complexity index is 1950. The van der Waals surface area contributed by atoms with E-state index in [1.165, 1.54) is 5.56 Å². The zero-order valence-corrected chi connectivity index (χ0v) is 27.0. The molecule has 0 bridgehead atoms. The van der Waals surface area contributed by atoms with Crippen molar-refractivity contribution in [2.45, 2.75) is 45.8 Å². The molecule has 3 aromatic carbocycles. The number of likely N-dealkylation sites (N-methyl/N-ethyl adjacent to an activating group) is 1. The lowest BCUT2D eigenvalue weighted by molar-refractivity contribution is -0.160. The maximum Gasteiger partial charge on any atom is 0.337 e. The Hall–Kier alpha value is -4.60. The number of nitrogens with zero attached hydrogens (tertiary/aromatic N) is 5. The van der Waals surface area contributed by atoms with Crippen LogP contribution in [0.5, 0.6) is 5.75 Å². The van der Waals surface area contributed by atoms with Crippen LogP contribution >= 0.6 is 0 Å². The average Bonchev–Trinajstić information content (AvgIpc) is 3.03. The number of fused-ring (bicyclic) bond motifs is 1. The van der Waals surface area contributed by atoms with Crippen LogP contribution in [-0.4, -0.2) is 76.4 Å². The van der Waals surface area contributed by atoms with E-state index in [0.29, 0.717) is 12.2 Å². The van der Waals surface area contributed by atoms with Gasteiger partial charge in [0.05, 0.1) is 17.7 Å². The molecule has 5 aromatic rings. The number of hydrogen-bond donors (Lipinski definition) is 1. The molecule has 0 aliphatic carbocycles. The number of rotatable bonds is 6. The first-order valence-electron chi connectivity index (χ1n) is 15.8. The maximum atomic E-state index is 12.9. The Morgan fingerprint density at radius 3 is 2.46 bits per heavy atom. The van der Waals surface area contributed by atoms with E-state index in [1.807, 2.05) is 64.5 Å². The number of ether oxygens (including phenoxy) is 2. The van der Waals surface area contributed by atoms with Crippen molar-refractivity contribution in [2.75, 3.05) is 44.7 Å². The topological polar surface area (TPSA) is 101 Å². The van der Waals surface area contributed by atoms with Crippen LogP contribution in [0.2, 0.25) is 0 Å². The second-order valence-corrected chi connectivity index (χ2v) is 13.3.